The van der Waals surface area contributed by atoms with Crippen molar-refractivity contribution in [1.29, 1.82) is 0 Å². The zero-order valence-electron chi connectivity index (χ0n) is 9.49. The van der Waals surface area contributed by atoms with E-state index in [-0.39, 0.29) is 5.41 Å². The fraction of sp³-hybridized carbons (Fsp3) is 0.500. The van der Waals surface area contributed by atoms with Crippen molar-refractivity contribution in [3.63, 3.8) is 0 Å². The van der Waals surface area contributed by atoms with Gasteiger partial charge in [0.2, 0.25) is 0 Å². The average Bonchev–Trinajstić information content (AvgIpc) is 2.08. The predicted molar refractivity (Wildman–Crippen MR) is 71.6 cm³/mol. The van der Waals surface area contributed by atoms with Gasteiger partial charge < -0.3 is 5.11 Å². The highest BCUT2D eigenvalue weighted by Crippen LogP contribution is 2.42. The molecule has 0 bridgehead atoms. The van der Waals surface area contributed by atoms with Crippen LogP contribution in [0.2, 0.25) is 0 Å². The van der Waals surface area contributed by atoms with Crippen LogP contribution in [0.25, 0.3) is 0 Å². The molecule has 1 nitrogen and oxygen atoms in total. The number of rotatable bonds is 1. The molecule has 0 saturated carbocycles. The molecule has 1 rings (SSSR count). The minimum Gasteiger partial charge on any atom is -0.506 e. The maximum Gasteiger partial charge on any atom is 0.133 e. The van der Waals surface area contributed by atoms with Gasteiger partial charge in [-0.1, -0.05) is 43.6 Å². The molecule has 3 heteroatoms. The largest absolute Gasteiger partial charge is 0.506 e. The van der Waals surface area contributed by atoms with E-state index in [2.05, 4.69) is 59.6 Å². The third kappa shape index (κ3) is 2.56. The van der Waals surface area contributed by atoms with Crippen molar-refractivity contribution in [2.75, 3.05) is 0 Å². The van der Waals surface area contributed by atoms with Gasteiger partial charge in [-0.2, -0.15) is 0 Å². The summed E-state index contributed by atoms with van der Waals surface area (Å²) in [6, 6.07) is 1.91. The zero-order chi connectivity index (χ0) is 11.8. The Balaban J connectivity index is 3.59. The smallest absolute Gasteiger partial charge is 0.133 e. The van der Waals surface area contributed by atoms with E-state index in [1.165, 1.54) is 5.56 Å². The molecule has 0 radical (unpaired) electrons. The third-order valence-corrected chi connectivity index (χ3v) is 3.72. The second-order valence-corrected chi connectivity index (χ2v) is 6.35. The number of hydrogen-bond acceptors (Lipinski definition) is 1. The lowest BCUT2D eigenvalue weighted by molar-refractivity contribution is 0.441. The standard InChI is InChI=1S/C12H16Br2O/c1-5-7-8(13)6-9(14)11(15)10(7)12(2,3)4/h6,15H,5H2,1-4H3. The van der Waals surface area contributed by atoms with Crippen molar-refractivity contribution in [1.82, 2.24) is 0 Å². The maximum atomic E-state index is 10.1. The monoisotopic (exact) mass is 334 g/mol. The number of phenols is 1. The molecule has 84 valence electrons. The minimum absolute atomic E-state index is 0.0538. The van der Waals surface area contributed by atoms with Crippen LogP contribution >= 0.6 is 31.9 Å². The highest BCUT2D eigenvalue weighted by molar-refractivity contribution is 9.11. The van der Waals surface area contributed by atoms with E-state index in [0.717, 1.165) is 20.9 Å². The molecule has 0 unspecified atom stereocenters. The van der Waals surface area contributed by atoms with Crippen molar-refractivity contribution < 1.29 is 5.11 Å². The van der Waals surface area contributed by atoms with Crippen LogP contribution < -0.4 is 0 Å². The van der Waals surface area contributed by atoms with E-state index in [4.69, 9.17) is 0 Å². The Kier molecular flexibility index (Phi) is 3.88. The molecule has 1 N–H and O–H groups in total. The molecule has 0 aromatic heterocycles. The zero-order valence-corrected chi connectivity index (χ0v) is 12.7. The van der Waals surface area contributed by atoms with Crippen molar-refractivity contribution in [2.24, 2.45) is 0 Å². The summed E-state index contributed by atoms with van der Waals surface area (Å²) >= 11 is 6.92. The normalized spacial score (nSPS) is 11.9. The minimum atomic E-state index is -0.0538. The Morgan fingerprint density at radius 2 is 1.73 bits per heavy atom. The molecule has 0 fully saturated rings. The van der Waals surface area contributed by atoms with Crippen molar-refractivity contribution >= 4 is 31.9 Å². The van der Waals surface area contributed by atoms with Gasteiger partial charge in [-0.05, 0) is 39.4 Å². The molecule has 0 amide bonds. The second kappa shape index (κ2) is 4.46. The Bertz CT molecular complexity index is 378. The summed E-state index contributed by atoms with van der Waals surface area (Å²) in [6.07, 6.45) is 0.911. The Morgan fingerprint density at radius 3 is 2.13 bits per heavy atom. The van der Waals surface area contributed by atoms with Crippen LogP contribution in [0.5, 0.6) is 5.75 Å². The first-order valence-electron chi connectivity index (χ1n) is 4.99. The van der Waals surface area contributed by atoms with Gasteiger partial charge in [-0.25, -0.2) is 0 Å². The molecule has 0 heterocycles. The SMILES string of the molecule is CCc1c(Br)cc(Br)c(O)c1C(C)(C)C. The number of aromatic hydroxyl groups is 1. The Labute approximate surface area is 108 Å². The van der Waals surface area contributed by atoms with Crippen molar-refractivity contribution in [3.8, 4) is 5.75 Å². The van der Waals surface area contributed by atoms with E-state index in [0.29, 0.717) is 5.75 Å². The summed E-state index contributed by atoms with van der Waals surface area (Å²) in [5.74, 6) is 0.363. The van der Waals surface area contributed by atoms with Crippen LogP contribution in [0.15, 0.2) is 15.0 Å². The van der Waals surface area contributed by atoms with Gasteiger partial charge in [0, 0.05) is 10.0 Å². The number of halogens is 2. The van der Waals surface area contributed by atoms with E-state index < -0.39 is 0 Å². The lowest BCUT2D eigenvalue weighted by atomic mass is 9.82. The molecule has 1 aromatic carbocycles. The summed E-state index contributed by atoms with van der Waals surface area (Å²) in [6.45, 7) is 8.43. The Morgan fingerprint density at radius 1 is 1.20 bits per heavy atom. The van der Waals surface area contributed by atoms with Crippen molar-refractivity contribution in [3.05, 3.63) is 26.1 Å². The lowest BCUT2D eigenvalue weighted by Crippen LogP contribution is -2.15. The molecule has 0 saturated heterocycles. The molecule has 0 aliphatic carbocycles. The topological polar surface area (TPSA) is 20.2 Å². The molecule has 0 aliphatic heterocycles. The van der Waals surface area contributed by atoms with Gasteiger partial charge in [0.15, 0.2) is 0 Å². The Hall–Kier alpha value is -0.0200. The van der Waals surface area contributed by atoms with Crippen LogP contribution in [0.4, 0.5) is 0 Å². The summed E-state index contributed by atoms with van der Waals surface area (Å²) in [7, 11) is 0. The van der Waals surface area contributed by atoms with Crippen molar-refractivity contribution in [2.45, 2.75) is 39.5 Å². The van der Waals surface area contributed by atoms with Gasteiger partial charge >= 0.3 is 0 Å². The van der Waals surface area contributed by atoms with Gasteiger partial charge in [0.25, 0.3) is 0 Å². The number of hydrogen-bond donors (Lipinski definition) is 1. The van der Waals surface area contributed by atoms with Crippen LogP contribution in [-0.2, 0) is 11.8 Å². The maximum absolute atomic E-state index is 10.1. The quantitative estimate of drug-likeness (QED) is 0.783. The first-order valence-corrected chi connectivity index (χ1v) is 6.58. The summed E-state index contributed by atoms with van der Waals surface area (Å²) < 4.78 is 1.80. The van der Waals surface area contributed by atoms with E-state index in [9.17, 15) is 5.11 Å². The highest BCUT2D eigenvalue weighted by atomic mass is 79.9. The van der Waals surface area contributed by atoms with E-state index >= 15 is 0 Å². The van der Waals surface area contributed by atoms with Crippen LogP contribution in [-0.4, -0.2) is 5.11 Å². The fourth-order valence-electron chi connectivity index (χ4n) is 1.80. The third-order valence-electron chi connectivity index (χ3n) is 2.41. The molecular weight excluding hydrogens is 320 g/mol. The average molecular weight is 336 g/mol. The highest BCUT2D eigenvalue weighted by Gasteiger charge is 2.24. The number of benzene rings is 1. The van der Waals surface area contributed by atoms with Gasteiger partial charge in [0.05, 0.1) is 4.47 Å². The van der Waals surface area contributed by atoms with E-state index in [1.54, 1.807) is 0 Å². The van der Waals surface area contributed by atoms with Crippen LogP contribution in [0.1, 0.15) is 38.8 Å². The van der Waals surface area contributed by atoms with Gasteiger partial charge in [0.1, 0.15) is 5.75 Å². The first kappa shape index (κ1) is 13.0. The molecule has 1 aromatic rings. The first-order chi connectivity index (χ1) is 6.79. The molecule has 0 atom stereocenters. The summed E-state index contributed by atoms with van der Waals surface area (Å²) in [4.78, 5) is 0. The predicted octanol–water partition coefficient (Wildman–Crippen LogP) is 4.78. The summed E-state index contributed by atoms with van der Waals surface area (Å²) in [5, 5.41) is 10.1. The van der Waals surface area contributed by atoms with Gasteiger partial charge in [-0.15, -0.1) is 0 Å². The van der Waals surface area contributed by atoms with Gasteiger partial charge in [-0.3, -0.25) is 0 Å². The molecule has 0 spiro atoms. The molecule has 0 aliphatic rings. The molecular formula is C12H16Br2O. The van der Waals surface area contributed by atoms with Crippen LogP contribution in [0.3, 0.4) is 0 Å². The molecule has 15 heavy (non-hydrogen) atoms. The van der Waals surface area contributed by atoms with Crippen LogP contribution in [0, 0.1) is 0 Å². The lowest BCUT2D eigenvalue weighted by Gasteiger charge is -2.25. The fourth-order valence-corrected chi connectivity index (χ4v) is 3.24. The second-order valence-electron chi connectivity index (χ2n) is 4.65. The number of phenolic OH excluding ortho intramolecular Hbond substituents is 1. The van der Waals surface area contributed by atoms with E-state index in [1.807, 2.05) is 6.07 Å². The summed E-state index contributed by atoms with van der Waals surface area (Å²) in [5.41, 5.74) is 2.15.